The fraction of sp³-hybridized carbons (Fsp3) is 0.727. The van der Waals surface area contributed by atoms with Crippen LogP contribution in [0.15, 0.2) is 11.6 Å². The third-order valence-corrected chi connectivity index (χ3v) is 3.88. The van der Waals surface area contributed by atoms with Crippen LogP contribution in [-0.4, -0.2) is 30.7 Å². The summed E-state index contributed by atoms with van der Waals surface area (Å²) in [6, 6.07) is 0.688. The van der Waals surface area contributed by atoms with Crippen LogP contribution in [0.2, 0.25) is 0 Å². The Labute approximate surface area is 95.3 Å². The first-order chi connectivity index (χ1) is 7.36. The van der Waals surface area contributed by atoms with Crippen molar-refractivity contribution in [2.24, 2.45) is 0 Å². The molecule has 2 unspecified atom stereocenters. The first-order valence-corrected chi connectivity index (χ1v) is 6.57. The Bertz CT molecular complexity index is 267. The largest absolute Gasteiger partial charge is 0.314 e. The van der Waals surface area contributed by atoms with Crippen molar-refractivity contribution in [2.45, 2.75) is 31.7 Å². The lowest BCUT2D eigenvalue weighted by atomic mass is 10.2. The van der Waals surface area contributed by atoms with Crippen LogP contribution >= 0.6 is 11.3 Å². The van der Waals surface area contributed by atoms with Gasteiger partial charge in [-0.15, -0.1) is 11.3 Å². The van der Waals surface area contributed by atoms with Gasteiger partial charge in [-0.2, -0.15) is 0 Å². The van der Waals surface area contributed by atoms with Crippen molar-refractivity contribution in [3.63, 3.8) is 0 Å². The molecule has 0 spiro atoms. The summed E-state index contributed by atoms with van der Waals surface area (Å²) in [5.41, 5.74) is 0. The molecular formula is C11H19N3S. The lowest BCUT2D eigenvalue weighted by Crippen LogP contribution is -2.35. The molecule has 3 nitrogen and oxygen atoms in total. The highest BCUT2D eigenvalue weighted by Crippen LogP contribution is 2.16. The van der Waals surface area contributed by atoms with E-state index in [1.165, 1.54) is 24.4 Å². The molecule has 0 saturated carbocycles. The van der Waals surface area contributed by atoms with Crippen LogP contribution in [-0.2, 0) is 0 Å². The minimum absolute atomic E-state index is 0.534. The Kier molecular flexibility index (Phi) is 4.11. The molecule has 15 heavy (non-hydrogen) atoms. The zero-order chi connectivity index (χ0) is 10.5. The van der Waals surface area contributed by atoms with E-state index in [1.807, 2.05) is 11.6 Å². The molecule has 2 heterocycles. The molecule has 2 atom stereocenters. The maximum absolute atomic E-state index is 4.33. The Balaban J connectivity index is 1.65. The first kappa shape index (κ1) is 11.0. The molecule has 1 aromatic heterocycles. The quantitative estimate of drug-likeness (QED) is 0.799. The van der Waals surface area contributed by atoms with E-state index in [1.54, 1.807) is 11.3 Å². The molecule has 1 aliphatic rings. The van der Waals surface area contributed by atoms with Gasteiger partial charge in [-0.25, -0.2) is 4.98 Å². The molecule has 4 heteroatoms. The second-order valence-electron chi connectivity index (χ2n) is 4.22. The Morgan fingerprint density at radius 1 is 1.73 bits per heavy atom. The minimum atomic E-state index is 0.534. The van der Waals surface area contributed by atoms with Gasteiger partial charge in [0.15, 0.2) is 0 Å². The molecule has 1 fully saturated rings. The van der Waals surface area contributed by atoms with Gasteiger partial charge in [-0.3, -0.25) is 0 Å². The van der Waals surface area contributed by atoms with Crippen LogP contribution in [0, 0.1) is 0 Å². The SMILES string of the molecule is CC(CNCC1CCCN1)c1nccs1. The van der Waals surface area contributed by atoms with Crippen LogP contribution in [0.3, 0.4) is 0 Å². The van der Waals surface area contributed by atoms with Crippen molar-refractivity contribution >= 4 is 11.3 Å². The minimum Gasteiger partial charge on any atom is -0.314 e. The molecule has 0 radical (unpaired) electrons. The van der Waals surface area contributed by atoms with Gasteiger partial charge in [0.05, 0.1) is 5.01 Å². The maximum atomic E-state index is 4.33. The van der Waals surface area contributed by atoms with Gasteiger partial charge in [-0.1, -0.05) is 6.92 Å². The summed E-state index contributed by atoms with van der Waals surface area (Å²) in [6.07, 6.45) is 4.53. The summed E-state index contributed by atoms with van der Waals surface area (Å²) in [4.78, 5) is 4.33. The Hall–Kier alpha value is -0.450. The van der Waals surface area contributed by atoms with Crippen LogP contribution in [0.1, 0.15) is 30.7 Å². The zero-order valence-corrected chi connectivity index (χ0v) is 10.0. The normalized spacial score (nSPS) is 23.1. The smallest absolute Gasteiger partial charge is 0.0965 e. The second kappa shape index (κ2) is 5.58. The van der Waals surface area contributed by atoms with E-state index in [0.29, 0.717) is 12.0 Å². The molecule has 1 saturated heterocycles. The molecule has 0 aromatic carbocycles. The fourth-order valence-electron chi connectivity index (χ4n) is 1.97. The lowest BCUT2D eigenvalue weighted by Gasteiger charge is -2.14. The Morgan fingerprint density at radius 2 is 2.67 bits per heavy atom. The standard InChI is InChI=1S/C11H19N3S/c1-9(11-14-5-6-15-11)7-12-8-10-3-2-4-13-10/h5-6,9-10,12-13H,2-4,7-8H2,1H3. The summed E-state index contributed by atoms with van der Waals surface area (Å²) in [5, 5.41) is 10.3. The number of nitrogens with zero attached hydrogens (tertiary/aromatic N) is 1. The van der Waals surface area contributed by atoms with E-state index in [-0.39, 0.29) is 0 Å². The number of rotatable bonds is 5. The van der Waals surface area contributed by atoms with Crippen molar-refractivity contribution in [3.8, 4) is 0 Å². The van der Waals surface area contributed by atoms with E-state index < -0.39 is 0 Å². The highest BCUT2D eigenvalue weighted by Gasteiger charge is 2.14. The van der Waals surface area contributed by atoms with Crippen LogP contribution in [0.25, 0.3) is 0 Å². The van der Waals surface area contributed by atoms with Crippen molar-refractivity contribution in [2.75, 3.05) is 19.6 Å². The molecule has 0 amide bonds. The number of thiazole rings is 1. The van der Waals surface area contributed by atoms with Crippen molar-refractivity contribution in [3.05, 3.63) is 16.6 Å². The van der Waals surface area contributed by atoms with Gasteiger partial charge in [0, 0.05) is 36.6 Å². The molecule has 2 rings (SSSR count). The van der Waals surface area contributed by atoms with Crippen LogP contribution in [0.5, 0.6) is 0 Å². The summed E-state index contributed by atoms with van der Waals surface area (Å²) < 4.78 is 0. The number of hydrogen-bond acceptors (Lipinski definition) is 4. The summed E-state index contributed by atoms with van der Waals surface area (Å²) in [5.74, 6) is 0.534. The van der Waals surface area contributed by atoms with Gasteiger partial charge in [0.2, 0.25) is 0 Å². The number of nitrogens with one attached hydrogen (secondary N) is 2. The van der Waals surface area contributed by atoms with Gasteiger partial charge in [-0.05, 0) is 19.4 Å². The molecule has 2 N–H and O–H groups in total. The van der Waals surface area contributed by atoms with Gasteiger partial charge in [0.1, 0.15) is 0 Å². The summed E-state index contributed by atoms with van der Waals surface area (Å²) in [7, 11) is 0. The third kappa shape index (κ3) is 3.26. The summed E-state index contributed by atoms with van der Waals surface area (Å²) >= 11 is 1.75. The molecule has 0 aliphatic carbocycles. The monoisotopic (exact) mass is 225 g/mol. The van der Waals surface area contributed by atoms with Gasteiger partial charge in [0.25, 0.3) is 0 Å². The maximum Gasteiger partial charge on any atom is 0.0965 e. The highest BCUT2D eigenvalue weighted by atomic mass is 32.1. The van der Waals surface area contributed by atoms with Crippen LogP contribution < -0.4 is 10.6 Å². The van der Waals surface area contributed by atoms with Crippen molar-refractivity contribution in [1.29, 1.82) is 0 Å². The topological polar surface area (TPSA) is 37.0 Å². The predicted octanol–water partition coefficient (Wildman–Crippen LogP) is 1.59. The molecule has 0 bridgehead atoms. The molecule has 1 aliphatic heterocycles. The second-order valence-corrected chi connectivity index (χ2v) is 5.15. The van der Waals surface area contributed by atoms with Crippen molar-refractivity contribution in [1.82, 2.24) is 15.6 Å². The van der Waals surface area contributed by atoms with E-state index >= 15 is 0 Å². The third-order valence-electron chi connectivity index (χ3n) is 2.88. The lowest BCUT2D eigenvalue weighted by molar-refractivity contribution is 0.517. The van der Waals surface area contributed by atoms with E-state index in [0.717, 1.165) is 13.1 Å². The van der Waals surface area contributed by atoms with Gasteiger partial charge < -0.3 is 10.6 Å². The molecule has 84 valence electrons. The van der Waals surface area contributed by atoms with Crippen LogP contribution in [0.4, 0.5) is 0 Å². The highest BCUT2D eigenvalue weighted by molar-refractivity contribution is 7.09. The molecule has 1 aromatic rings. The predicted molar refractivity (Wildman–Crippen MR) is 64.4 cm³/mol. The number of aromatic nitrogens is 1. The first-order valence-electron chi connectivity index (χ1n) is 5.70. The molecular weight excluding hydrogens is 206 g/mol. The number of hydrogen-bond donors (Lipinski definition) is 2. The summed E-state index contributed by atoms with van der Waals surface area (Å²) in [6.45, 7) is 5.55. The van der Waals surface area contributed by atoms with E-state index in [4.69, 9.17) is 0 Å². The van der Waals surface area contributed by atoms with E-state index in [2.05, 4.69) is 22.5 Å². The zero-order valence-electron chi connectivity index (χ0n) is 9.20. The van der Waals surface area contributed by atoms with Crippen molar-refractivity contribution < 1.29 is 0 Å². The Morgan fingerprint density at radius 3 is 3.33 bits per heavy atom. The van der Waals surface area contributed by atoms with Gasteiger partial charge >= 0.3 is 0 Å². The average molecular weight is 225 g/mol. The average Bonchev–Trinajstić information content (AvgIpc) is 2.90. The van der Waals surface area contributed by atoms with E-state index in [9.17, 15) is 0 Å². The fourth-order valence-corrected chi connectivity index (χ4v) is 2.67.